The highest BCUT2D eigenvalue weighted by atomic mass is 32.2. The molecule has 1 N–H and O–H groups in total. The lowest BCUT2D eigenvalue weighted by atomic mass is 9.88. The Balaban J connectivity index is 2.14. The monoisotopic (exact) mass is 319 g/mol. The van der Waals surface area contributed by atoms with E-state index in [9.17, 15) is 13.2 Å². The average molecular weight is 319 g/mol. The first-order valence-corrected chi connectivity index (χ1v) is 9.39. The van der Waals surface area contributed by atoms with E-state index in [1.807, 2.05) is 11.8 Å². The van der Waals surface area contributed by atoms with Crippen molar-refractivity contribution in [3.63, 3.8) is 0 Å². The van der Waals surface area contributed by atoms with E-state index >= 15 is 0 Å². The Bertz CT molecular complexity index is 492. The van der Waals surface area contributed by atoms with Crippen LogP contribution in [-0.4, -0.2) is 66.7 Å². The van der Waals surface area contributed by atoms with Gasteiger partial charge in [0.15, 0.2) is 9.84 Å². The van der Waals surface area contributed by atoms with Gasteiger partial charge < -0.3 is 9.84 Å². The standard InChI is InChI=1S/C14H25NO5S/c1-3-14(2)8-11(4-6-20-14)15(9-13(16)17)12-5-7-21(18,19)10-12/h11-12H,3-10H2,1-2H3,(H,16,17). The lowest BCUT2D eigenvalue weighted by Gasteiger charge is -2.44. The molecule has 2 heterocycles. The fourth-order valence-corrected chi connectivity index (χ4v) is 5.12. The maximum absolute atomic E-state index is 11.7. The Morgan fingerprint density at radius 3 is 2.62 bits per heavy atom. The van der Waals surface area contributed by atoms with Gasteiger partial charge in [-0.1, -0.05) is 6.92 Å². The van der Waals surface area contributed by atoms with Crippen LogP contribution < -0.4 is 0 Å². The van der Waals surface area contributed by atoms with Crippen molar-refractivity contribution >= 4 is 15.8 Å². The largest absolute Gasteiger partial charge is 0.480 e. The van der Waals surface area contributed by atoms with Crippen LogP contribution in [0.15, 0.2) is 0 Å². The van der Waals surface area contributed by atoms with Crippen LogP contribution in [0.4, 0.5) is 0 Å². The molecule has 0 aromatic carbocycles. The molecule has 0 aliphatic carbocycles. The molecule has 0 aromatic heterocycles. The lowest BCUT2D eigenvalue weighted by molar-refractivity contribution is -0.143. The number of hydrogen-bond acceptors (Lipinski definition) is 5. The molecule has 2 aliphatic rings. The van der Waals surface area contributed by atoms with Crippen molar-refractivity contribution in [3.8, 4) is 0 Å². The van der Waals surface area contributed by atoms with Crippen LogP contribution in [0, 0.1) is 0 Å². The molecule has 0 saturated carbocycles. The summed E-state index contributed by atoms with van der Waals surface area (Å²) in [7, 11) is -3.02. The molecule has 0 radical (unpaired) electrons. The quantitative estimate of drug-likeness (QED) is 0.811. The molecular formula is C14H25NO5S. The van der Waals surface area contributed by atoms with E-state index in [0.717, 1.165) is 19.3 Å². The smallest absolute Gasteiger partial charge is 0.317 e. The van der Waals surface area contributed by atoms with Crippen molar-refractivity contribution in [2.24, 2.45) is 0 Å². The minimum absolute atomic E-state index is 0.0816. The number of nitrogens with zero attached hydrogens (tertiary/aromatic N) is 1. The fourth-order valence-electron chi connectivity index (χ4n) is 3.38. The summed E-state index contributed by atoms with van der Waals surface area (Å²) in [5.41, 5.74) is -0.239. The summed E-state index contributed by atoms with van der Waals surface area (Å²) >= 11 is 0. The Labute approximate surface area is 126 Å². The van der Waals surface area contributed by atoms with Gasteiger partial charge in [-0.3, -0.25) is 9.69 Å². The molecule has 0 amide bonds. The molecule has 0 aromatic rings. The number of ether oxygens (including phenoxy) is 1. The highest BCUT2D eigenvalue weighted by Crippen LogP contribution is 2.33. The van der Waals surface area contributed by atoms with Gasteiger partial charge in [-0.2, -0.15) is 0 Å². The van der Waals surface area contributed by atoms with E-state index < -0.39 is 15.8 Å². The second kappa shape index (κ2) is 6.22. The van der Waals surface area contributed by atoms with Gasteiger partial charge in [0.1, 0.15) is 0 Å². The van der Waals surface area contributed by atoms with E-state index in [4.69, 9.17) is 9.84 Å². The Kier molecular flexibility index (Phi) is 4.95. The molecule has 3 unspecified atom stereocenters. The Hall–Kier alpha value is -0.660. The second-order valence-corrected chi connectivity index (χ2v) is 8.65. The number of carboxylic acid groups (broad SMARTS) is 1. The zero-order chi connectivity index (χ0) is 15.7. The van der Waals surface area contributed by atoms with E-state index in [1.54, 1.807) is 0 Å². The van der Waals surface area contributed by atoms with Crippen molar-refractivity contribution in [1.82, 2.24) is 4.90 Å². The van der Waals surface area contributed by atoms with E-state index in [2.05, 4.69) is 6.92 Å². The van der Waals surface area contributed by atoms with Crippen molar-refractivity contribution < 1.29 is 23.1 Å². The molecule has 2 rings (SSSR count). The summed E-state index contributed by atoms with van der Waals surface area (Å²) in [5, 5.41) is 9.17. The minimum Gasteiger partial charge on any atom is -0.480 e. The van der Waals surface area contributed by atoms with Crippen LogP contribution in [0.25, 0.3) is 0 Å². The maximum atomic E-state index is 11.7. The average Bonchev–Trinajstić information content (AvgIpc) is 2.76. The lowest BCUT2D eigenvalue weighted by Crippen LogP contribution is -2.52. The summed E-state index contributed by atoms with van der Waals surface area (Å²) in [4.78, 5) is 13.1. The molecule has 7 heteroatoms. The Morgan fingerprint density at radius 1 is 1.38 bits per heavy atom. The van der Waals surface area contributed by atoms with Gasteiger partial charge in [0.2, 0.25) is 0 Å². The van der Waals surface area contributed by atoms with E-state index in [-0.39, 0.29) is 35.7 Å². The summed E-state index contributed by atoms with van der Waals surface area (Å²) in [5.74, 6) is -0.647. The first-order chi connectivity index (χ1) is 9.75. The first-order valence-electron chi connectivity index (χ1n) is 7.56. The summed E-state index contributed by atoms with van der Waals surface area (Å²) in [6.07, 6.45) is 2.93. The molecule has 2 fully saturated rings. The molecule has 2 aliphatic heterocycles. The van der Waals surface area contributed by atoms with Gasteiger partial charge in [-0.25, -0.2) is 8.42 Å². The zero-order valence-corrected chi connectivity index (χ0v) is 13.6. The third-order valence-electron chi connectivity index (χ3n) is 4.78. The molecule has 122 valence electrons. The predicted molar refractivity (Wildman–Crippen MR) is 79.1 cm³/mol. The highest BCUT2D eigenvalue weighted by Gasteiger charge is 2.40. The SMILES string of the molecule is CCC1(C)CC(N(CC(=O)O)C2CCS(=O)(=O)C2)CCO1. The van der Waals surface area contributed by atoms with Crippen molar-refractivity contribution in [3.05, 3.63) is 0 Å². The second-order valence-electron chi connectivity index (χ2n) is 6.42. The van der Waals surface area contributed by atoms with E-state index in [0.29, 0.717) is 13.0 Å². The topological polar surface area (TPSA) is 83.9 Å². The normalized spacial score (nSPS) is 36.0. The van der Waals surface area contributed by atoms with Crippen molar-refractivity contribution in [1.29, 1.82) is 0 Å². The van der Waals surface area contributed by atoms with Crippen molar-refractivity contribution in [2.45, 2.75) is 57.2 Å². The number of rotatable bonds is 5. The van der Waals surface area contributed by atoms with Gasteiger partial charge in [-0.15, -0.1) is 0 Å². The number of aliphatic carboxylic acids is 1. The molecule has 21 heavy (non-hydrogen) atoms. The fraction of sp³-hybridized carbons (Fsp3) is 0.929. The third-order valence-corrected chi connectivity index (χ3v) is 6.53. The van der Waals surface area contributed by atoms with Crippen LogP contribution in [0.3, 0.4) is 0 Å². The number of carbonyl (C=O) groups is 1. The van der Waals surface area contributed by atoms with E-state index in [1.165, 1.54) is 0 Å². The molecule has 6 nitrogen and oxygen atoms in total. The van der Waals surface area contributed by atoms with Crippen LogP contribution in [0.5, 0.6) is 0 Å². The van der Waals surface area contributed by atoms with Gasteiger partial charge in [-0.05, 0) is 32.6 Å². The molecule has 0 spiro atoms. The Morgan fingerprint density at radius 2 is 2.10 bits per heavy atom. The third kappa shape index (κ3) is 4.17. The molecular weight excluding hydrogens is 294 g/mol. The number of carboxylic acids is 1. The summed E-state index contributed by atoms with van der Waals surface area (Å²) in [6.45, 7) is 4.61. The number of sulfone groups is 1. The summed E-state index contributed by atoms with van der Waals surface area (Å²) < 4.78 is 29.2. The van der Waals surface area contributed by atoms with Crippen LogP contribution in [-0.2, 0) is 19.4 Å². The van der Waals surface area contributed by atoms with Gasteiger partial charge in [0, 0.05) is 18.7 Å². The predicted octanol–water partition coefficient (Wildman–Crippen LogP) is 0.908. The number of hydrogen-bond donors (Lipinski definition) is 1. The maximum Gasteiger partial charge on any atom is 0.317 e. The highest BCUT2D eigenvalue weighted by molar-refractivity contribution is 7.91. The van der Waals surface area contributed by atoms with Crippen LogP contribution >= 0.6 is 0 Å². The zero-order valence-electron chi connectivity index (χ0n) is 12.7. The van der Waals surface area contributed by atoms with Crippen molar-refractivity contribution in [2.75, 3.05) is 24.7 Å². The van der Waals surface area contributed by atoms with Crippen LogP contribution in [0.1, 0.15) is 39.5 Å². The van der Waals surface area contributed by atoms with Gasteiger partial charge >= 0.3 is 5.97 Å². The summed E-state index contributed by atoms with van der Waals surface area (Å²) in [6, 6.07) is -0.0894. The molecule has 2 saturated heterocycles. The van der Waals surface area contributed by atoms with Gasteiger partial charge in [0.05, 0.1) is 23.7 Å². The molecule has 3 atom stereocenters. The molecule has 0 bridgehead atoms. The van der Waals surface area contributed by atoms with Gasteiger partial charge in [0.25, 0.3) is 0 Å². The minimum atomic E-state index is -3.02. The first kappa shape index (κ1) is 16.7. The van der Waals surface area contributed by atoms with Crippen LogP contribution in [0.2, 0.25) is 0 Å².